The summed E-state index contributed by atoms with van der Waals surface area (Å²) in [5.74, 6) is -5.13. The van der Waals surface area contributed by atoms with Crippen molar-refractivity contribution >= 4 is 0 Å². The molecule has 0 rings (SSSR count). The zero-order chi connectivity index (χ0) is 24.5. The quantitative estimate of drug-likeness (QED) is 0.207. The molecule has 31 heavy (non-hydrogen) atoms. The second-order valence-electron chi connectivity index (χ2n) is 7.36. The summed E-state index contributed by atoms with van der Waals surface area (Å²) < 4.78 is 62.3. The third kappa shape index (κ3) is 8.54. The molecule has 0 saturated heterocycles. The maximum Gasteiger partial charge on any atom is 0.166 e. The zero-order valence-corrected chi connectivity index (χ0v) is 18.9. The van der Waals surface area contributed by atoms with Crippen molar-refractivity contribution in [3.8, 4) is 0 Å². The van der Waals surface area contributed by atoms with Crippen LogP contribution in [0.4, 0.5) is 17.6 Å². The SMILES string of the molecule is C=C(/C=C\C(=C)C(=C)/C(F)=C(/F)C(=C)C(C)COC(C)CC)C(=C)/C(F)=C(/F)C(=C)C. The molecule has 0 saturated carbocycles. The lowest BCUT2D eigenvalue weighted by atomic mass is 9.98. The molecule has 2 atom stereocenters. The van der Waals surface area contributed by atoms with E-state index in [0.717, 1.165) is 6.42 Å². The highest BCUT2D eigenvalue weighted by Gasteiger charge is 2.19. The fourth-order valence-electron chi connectivity index (χ4n) is 2.02. The first-order valence-electron chi connectivity index (χ1n) is 9.78. The standard InChI is InChI=1S/C26H32F4O/c1-11-19(7)31-14-18(6)22(10)26(30)25(29)21(9)17(5)13-12-16(4)20(8)24(28)23(27)15(2)3/h12-13,18-19H,2,4-5,8-11,14H2,1,3,6-7H3/b13-12-,24-23-,26-25-. The third-order valence-corrected chi connectivity index (χ3v) is 4.63. The summed E-state index contributed by atoms with van der Waals surface area (Å²) in [7, 11) is 0. The lowest BCUT2D eigenvalue weighted by molar-refractivity contribution is 0.0486. The molecule has 0 fully saturated rings. The number of rotatable bonds is 13. The van der Waals surface area contributed by atoms with E-state index in [-0.39, 0.29) is 46.1 Å². The van der Waals surface area contributed by atoms with Gasteiger partial charge in [-0.1, -0.05) is 65.5 Å². The minimum absolute atomic E-state index is 0.00146. The molecular formula is C26H32F4O. The highest BCUT2D eigenvalue weighted by molar-refractivity contribution is 5.54. The Morgan fingerprint density at radius 1 is 0.774 bits per heavy atom. The third-order valence-electron chi connectivity index (χ3n) is 4.63. The fourth-order valence-corrected chi connectivity index (χ4v) is 2.02. The summed E-state index contributed by atoms with van der Waals surface area (Å²) in [5, 5.41) is 0. The average molecular weight is 437 g/mol. The van der Waals surface area contributed by atoms with Crippen LogP contribution in [0.1, 0.15) is 34.1 Å². The van der Waals surface area contributed by atoms with E-state index in [4.69, 9.17) is 4.74 Å². The number of allylic oxidation sites excluding steroid dienone is 11. The molecule has 170 valence electrons. The second kappa shape index (κ2) is 12.9. The maximum absolute atomic E-state index is 14.6. The molecule has 0 aromatic rings. The van der Waals surface area contributed by atoms with Crippen LogP contribution < -0.4 is 0 Å². The molecule has 0 heterocycles. The van der Waals surface area contributed by atoms with Crippen molar-refractivity contribution in [2.75, 3.05) is 6.61 Å². The van der Waals surface area contributed by atoms with Crippen LogP contribution in [0.3, 0.4) is 0 Å². The Balaban J connectivity index is 5.32. The molecule has 2 unspecified atom stereocenters. The van der Waals surface area contributed by atoms with Gasteiger partial charge in [0.1, 0.15) is 0 Å². The summed E-state index contributed by atoms with van der Waals surface area (Å²) in [6.45, 7) is 28.1. The van der Waals surface area contributed by atoms with E-state index >= 15 is 0 Å². The Morgan fingerprint density at radius 2 is 1.19 bits per heavy atom. The van der Waals surface area contributed by atoms with Crippen LogP contribution in [0.5, 0.6) is 0 Å². The number of halogens is 4. The van der Waals surface area contributed by atoms with Crippen molar-refractivity contribution < 1.29 is 22.3 Å². The van der Waals surface area contributed by atoms with E-state index in [1.165, 1.54) is 19.1 Å². The molecule has 5 heteroatoms. The van der Waals surface area contributed by atoms with Crippen molar-refractivity contribution in [1.29, 1.82) is 0 Å². The molecule has 0 bridgehead atoms. The highest BCUT2D eigenvalue weighted by Crippen LogP contribution is 2.31. The number of hydrogen-bond acceptors (Lipinski definition) is 1. The molecule has 0 aliphatic rings. The Morgan fingerprint density at radius 3 is 1.58 bits per heavy atom. The van der Waals surface area contributed by atoms with Gasteiger partial charge in [0.05, 0.1) is 12.7 Å². The van der Waals surface area contributed by atoms with Gasteiger partial charge in [-0.3, -0.25) is 0 Å². The van der Waals surface area contributed by atoms with Crippen molar-refractivity contribution in [3.05, 3.63) is 108 Å². The van der Waals surface area contributed by atoms with Gasteiger partial charge in [-0.15, -0.1) is 0 Å². The van der Waals surface area contributed by atoms with E-state index in [1.807, 2.05) is 13.8 Å². The van der Waals surface area contributed by atoms with Gasteiger partial charge < -0.3 is 4.74 Å². The van der Waals surface area contributed by atoms with Gasteiger partial charge in [0, 0.05) is 17.1 Å². The monoisotopic (exact) mass is 436 g/mol. The highest BCUT2D eigenvalue weighted by atomic mass is 19.2. The first kappa shape index (κ1) is 28.3. The minimum Gasteiger partial charge on any atom is -0.378 e. The first-order chi connectivity index (χ1) is 14.3. The molecule has 0 aromatic heterocycles. The van der Waals surface area contributed by atoms with Gasteiger partial charge in [0.25, 0.3) is 0 Å². The van der Waals surface area contributed by atoms with Crippen LogP contribution in [-0.4, -0.2) is 12.7 Å². The van der Waals surface area contributed by atoms with Crippen LogP contribution in [0, 0.1) is 5.92 Å². The van der Waals surface area contributed by atoms with Crippen molar-refractivity contribution in [2.45, 2.75) is 40.2 Å². The normalized spacial score (nSPS) is 15.0. The Bertz CT molecular complexity index is 868. The van der Waals surface area contributed by atoms with E-state index in [2.05, 4.69) is 39.5 Å². The number of ether oxygens (including phenoxy) is 1. The minimum atomic E-state index is -1.21. The van der Waals surface area contributed by atoms with Crippen LogP contribution >= 0.6 is 0 Å². The van der Waals surface area contributed by atoms with E-state index in [0.29, 0.717) is 0 Å². The molecule has 0 aliphatic heterocycles. The molecule has 0 aliphatic carbocycles. The molecule has 0 amide bonds. The van der Waals surface area contributed by atoms with Crippen LogP contribution in [0.15, 0.2) is 108 Å². The zero-order valence-electron chi connectivity index (χ0n) is 18.9. The predicted octanol–water partition coefficient (Wildman–Crippen LogP) is 8.65. The van der Waals surface area contributed by atoms with Gasteiger partial charge in [-0.25, -0.2) is 17.6 Å². The Kier molecular flexibility index (Phi) is 11.8. The predicted molar refractivity (Wildman–Crippen MR) is 123 cm³/mol. The van der Waals surface area contributed by atoms with Crippen molar-refractivity contribution in [2.24, 2.45) is 5.92 Å². The summed E-state index contributed by atoms with van der Waals surface area (Å²) >= 11 is 0. The van der Waals surface area contributed by atoms with E-state index < -0.39 is 29.2 Å². The average Bonchev–Trinajstić information content (AvgIpc) is 2.76. The lowest BCUT2D eigenvalue weighted by Gasteiger charge is -2.17. The molecule has 0 N–H and O–H groups in total. The van der Waals surface area contributed by atoms with Crippen molar-refractivity contribution in [1.82, 2.24) is 0 Å². The van der Waals surface area contributed by atoms with Gasteiger partial charge >= 0.3 is 0 Å². The topological polar surface area (TPSA) is 9.23 Å². The largest absolute Gasteiger partial charge is 0.378 e. The van der Waals surface area contributed by atoms with Gasteiger partial charge in [0.2, 0.25) is 0 Å². The first-order valence-corrected chi connectivity index (χ1v) is 9.78. The van der Waals surface area contributed by atoms with Crippen LogP contribution in [0.2, 0.25) is 0 Å². The Hall–Kier alpha value is -2.66. The summed E-state index contributed by atoms with van der Waals surface area (Å²) in [6, 6.07) is 0. The van der Waals surface area contributed by atoms with E-state index in [1.54, 1.807) is 6.92 Å². The molecular weight excluding hydrogens is 404 g/mol. The smallest absolute Gasteiger partial charge is 0.166 e. The second-order valence-corrected chi connectivity index (χ2v) is 7.36. The Labute approximate surface area is 183 Å². The summed E-state index contributed by atoms with van der Waals surface area (Å²) in [4.78, 5) is 0. The summed E-state index contributed by atoms with van der Waals surface area (Å²) in [6.07, 6.45) is 3.31. The maximum atomic E-state index is 14.6. The van der Waals surface area contributed by atoms with Gasteiger partial charge in [-0.2, -0.15) is 0 Å². The molecule has 0 spiro atoms. The lowest BCUT2D eigenvalue weighted by Crippen LogP contribution is -2.15. The molecule has 0 aromatic carbocycles. The van der Waals surface area contributed by atoms with Gasteiger partial charge in [0.15, 0.2) is 23.3 Å². The van der Waals surface area contributed by atoms with Crippen molar-refractivity contribution in [3.63, 3.8) is 0 Å². The van der Waals surface area contributed by atoms with Gasteiger partial charge in [-0.05, 0) is 42.6 Å². The molecule has 1 nitrogen and oxygen atoms in total. The van der Waals surface area contributed by atoms with Crippen LogP contribution in [-0.2, 0) is 4.74 Å². The molecule has 0 radical (unpaired) electrons. The summed E-state index contributed by atoms with van der Waals surface area (Å²) in [5.41, 5.74) is -0.733. The van der Waals surface area contributed by atoms with Crippen LogP contribution in [0.25, 0.3) is 0 Å². The number of hydrogen-bond donors (Lipinski definition) is 0. The van der Waals surface area contributed by atoms with E-state index in [9.17, 15) is 17.6 Å². The fraction of sp³-hybridized carbons (Fsp3) is 0.308.